The van der Waals surface area contributed by atoms with Crippen molar-refractivity contribution in [3.8, 4) is 11.3 Å². The Kier molecular flexibility index (Phi) is 4.41. The molecular weight excluding hydrogens is 349 g/mol. The van der Waals surface area contributed by atoms with Gasteiger partial charge in [0.15, 0.2) is 0 Å². The van der Waals surface area contributed by atoms with Gasteiger partial charge in [0.1, 0.15) is 17.2 Å². The molecule has 134 valence electrons. The lowest BCUT2D eigenvalue weighted by Crippen LogP contribution is -2.30. The van der Waals surface area contributed by atoms with Crippen LogP contribution in [0.25, 0.3) is 17.4 Å². The van der Waals surface area contributed by atoms with E-state index >= 15 is 0 Å². The summed E-state index contributed by atoms with van der Waals surface area (Å²) in [5.74, 6) is -0.101. The maximum Gasteiger partial charge on any atom is 0.416 e. The number of urea groups is 1. The second-order valence-corrected chi connectivity index (χ2v) is 5.47. The molecule has 8 heteroatoms. The molecule has 0 atom stereocenters. The molecule has 3 amide bonds. The molecule has 1 aromatic heterocycles. The number of imide groups is 1. The number of furan rings is 1. The highest BCUT2D eigenvalue weighted by molar-refractivity contribution is 6.13. The van der Waals surface area contributed by atoms with E-state index in [-0.39, 0.29) is 29.3 Å². The number of halogens is 3. The van der Waals surface area contributed by atoms with Crippen LogP contribution in [0.15, 0.2) is 59.2 Å². The molecule has 1 aliphatic heterocycles. The highest BCUT2D eigenvalue weighted by Crippen LogP contribution is 2.33. The second kappa shape index (κ2) is 6.55. The molecular formula is C18H13F3N2O3. The monoisotopic (exact) mass is 362 g/mol. The molecule has 2 heterocycles. The normalized spacial score (nSPS) is 16.3. The molecule has 3 rings (SSSR count). The predicted octanol–water partition coefficient (Wildman–Crippen LogP) is 4.04. The molecule has 1 fully saturated rings. The average molecular weight is 362 g/mol. The zero-order valence-electron chi connectivity index (χ0n) is 13.3. The molecule has 0 unspecified atom stereocenters. The van der Waals surface area contributed by atoms with E-state index in [9.17, 15) is 22.8 Å². The Balaban J connectivity index is 1.86. The van der Waals surface area contributed by atoms with Gasteiger partial charge in [0.2, 0.25) is 0 Å². The van der Waals surface area contributed by atoms with Crippen LogP contribution in [0.1, 0.15) is 11.3 Å². The van der Waals surface area contributed by atoms with Crippen molar-refractivity contribution < 1.29 is 27.2 Å². The zero-order chi connectivity index (χ0) is 18.9. The van der Waals surface area contributed by atoms with Crippen LogP contribution in [0.3, 0.4) is 0 Å². The molecule has 0 radical (unpaired) electrons. The van der Waals surface area contributed by atoms with Gasteiger partial charge in [0.05, 0.1) is 5.56 Å². The quantitative estimate of drug-likeness (QED) is 0.507. The van der Waals surface area contributed by atoms with E-state index in [0.29, 0.717) is 0 Å². The van der Waals surface area contributed by atoms with Crippen LogP contribution >= 0.6 is 0 Å². The number of hydrogen-bond donors (Lipinski definition) is 1. The third kappa shape index (κ3) is 3.39. The lowest BCUT2D eigenvalue weighted by atomic mass is 10.1. The summed E-state index contributed by atoms with van der Waals surface area (Å²) in [6.07, 6.45) is -1.72. The number of nitrogens with one attached hydrogen (secondary N) is 1. The van der Waals surface area contributed by atoms with E-state index in [1.54, 1.807) is 0 Å². The third-order valence-electron chi connectivity index (χ3n) is 3.66. The summed E-state index contributed by atoms with van der Waals surface area (Å²) in [5.41, 5.74) is -0.522. The van der Waals surface area contributed by atoms with E-state index in [1.807, 2.05) is 0 Å². The minimum Gasteiger partial charge on any atom is -0.457 e. The van der Waals surface area contributed by atoms with Crippen molar-refractivity contribution in [2.24, 2.45) is 0 Å². The third-order valence-corrected chi connectivity index (χ3v) is 3.66. The second-order valence-electron chi connectivity index (χ2n) is 5.47. The van der Waals surface area contributed by atoms with E-state index in [0.717, 1.165) is 17.0 Å². The fraction of sp³-hybridized carbons (Fsp3) is 0.111. The molecule has 2 aromatic rings. The Labute approximate surface area is 146 Å². The van der Waals surface area contributed by atoms with E-state index in [4.69, 9.17) is 4.42 Å². The SMILES string of the molecule is C=CCN1C(=O)NC(=Cc2ccc(-c3cccc(C(F)(F)F)c3)o2)C1=O. The molecule has 0 saturated carbocycles. The van der Waals surface area contributed by atoms with Crippen molar-refractivity contribution in [3.63, 3.8) is 0 Å². The lowest BCUT2D eigenvalue weighted by Gasteiger charge is -2.07. The first-order valence-corrected chi connectivity index (χ1v) is 7.52. The van der Waals surface area contributed by atoms with Crippen molar-refractivity contribution in [2.75, 3.05) is 6.54 Å². The highest BCUT2D eigenvalue weighted by atomic mass is 19.4. The maximum atomic E-state index is 12.8. The summed E-state index contributed by atoms with van der Waals surface area (Å²) in [5, 5.41) is 2.41. The van der Waals surface area contributed by atoms with Gasteiger partial charge in [-0.05, 0) is 24.3 Å². The fourth-order valence-electron chi connectivity index (χ4n) is 2.44. The molecule has 0 aliphatic carbocycles. The van der Waals surface area contributed by atoms with Crippen molar-refractivity contribution in [1.82, 2.24) is 10.2 Å². The first kappa shape index (κ1) is 17.5. The Morgan fingerprint density at radius 3 is 2.65 bits per heavy atom. The summed E-state index contributed by atoms with van der Waals surface area (Å²) >= 11 is 0. The number of benzene rings is 1. The maximum absolute atomic E-state index is 12.8. The molecule has 26 heavy (non-hydrogen) atoms. The van der Waals surface area contributed by atoms with Gasteiger partial charge in [0.25, 0.3) is 5.91 Å². The number of carbonyl (C=O) groups is 2. The first-order valence-electron chi connectivity index (χ1n) is 7.52. The van der Waals surface area contributed by atoms with Crippen LogP contribution in [-0.2, 0) is 11.0 Å². The minimum absolute atomic E-state index is 0.0155. The predicted molar refractivity (Wildman–Crippen MR) is 87.6 cm³/mol. The smallest absolute Gasteiger partial charge is 0.416 e. The zero-order valence-corrected chi connectivity index (χ0v) is 13.3. The molecule has 5 nitrogen and oxygen atoms in total. The fourth-order valence-corrected chi connectivity index (χ4v) is 2.44. The van der Waals surface area contributed by atoms with Crippen LogP contribution in [0, 0.1) is 0 Å². The van der Waals surface area contributed by atoms with Gasteiger partial charge in [-0.25, -0.2) is 4.79 Å². The molecule has 1 aliphatic rings. The summed E-state index contributed by atoms with van der Waals surface area (Å²) in [6.45, 7) is 3.54. The van der Waals surface area contributed by atoms with Crippen LogP contribution in [0.4, 0.5) is 18.0 Å². The number of alkyl halides is 3. The van der Waals surface area contributed by atoms with Crippen LogP contribution in [0.2, 0.25) is 0 Å². The highest BCUT2D eigenvalue weighted by Gasteiger charge is 2.33. The lowest BCUT2D eigenvalue weighted by molar-refractivity contribution is -0.137. The first-order chi connectivity index (χ1) is 12.3. The summed E-state index contributed by atoms with van der Waals surface area (Å²) in [6, 6.07) is 7.13. The van der Waals surface area contributed by atoms with Gasteiger partial charge in [-0.3, -0.25) is 9.69 Å². The van der Waals surface area contributed by atoms with Gasteiger partial charge < -0.3 is 9.73 Å². The van der Waals surface area contributed by atoms with Crippen molar-refractivity contribution >= 4 is 18.0 Å². The number of nitrogens with zero attached hydrogens (tertiary/aromatic N) is 1. The van der Waals surface area contributed by atoms with Gasteiger partial charge in [-0.1, -0.05) is 18.2 Å². The minimum atomic E-state index is -4.46. The summed E-state index contributed by atoms with van der Waals surface area (Å²) < 4.78 is 43.9. The molecule has 1 N–H and O–H groups in total. The van der Waals surface area contributed by atoms with E-state index < -0.39 is 23.7 Å². The van der Waals surface area contributed by atoms with E-state index in [2.05, 4.69) is 11.9 Å². The van der Waals surface area contributed by atoms with Crippen LogP contribution in [-0.4, -0.2) is 23.4 Å². The Morgan fingerprint density at radius 2 is 1.96 bits per heavy atom. The van der Waals surface area contributed by atoms with E-state index in [1.165, 1.54) is 36.4 Å². The number of hydrogen-bond acceptors (Lipinski definition) is 3. The topological polar surface area (TPSA) is 62.6 Å². The summed E-state index contributed by atoms with van der Waals surface area (Å²) in [4.78, 5) is 24.8. The van der Waals surface area contributed by atoms with Crippen molar-refractivity contribution in [3.05, 3.63) is 66.1 Å². The number of rotatable bonds is 4. The largest absolute Gasteiger partial charge is 0.457 e. The van der Waals surface area contributed by atoms with Gasteiger partial charge in [-0.2, -0.15) is 13.2 Å². The van der Waals surface area contributed by atoms with Crippen LogP contribution < -0.4 is 5.32 Å². The molecule has 1 aromatic carbocycles. The number of amides is 3. The molecule has 1 saturated heterocycles. The molecule has 0 spiro atoms. The number of carbonyl (C=O) groups excluding carboxylic acids is 2. The molecule has 0 bridgehead atoms. The Morgan fingerprint density at radius 1 is 1.19 bits per heavy atom. The standard InChI is InChI=1S/C18H13F3N2O3/c1-2-8-23-16(24)14(22-17(23)25)10-13-6-7-15(26-13)11-4-3-5-12(9-11)18(19,20)21/h2-7,9-10H,1,8H2,(H,22,25). The van der Waals surface area contributed by atoms with Gasteiger partial charge in [0, 0.05) is 18.2 Å². The van der Waals surface area contributed by atoms with Gasteiger partial charge >= 0.3 is 12.2 Å². The Bertz CT molecular complexity index is 912. The van der Waals surface area contributed by atoms with Crippen LogP contribution in [0.5, 0.6) is 0 Å². The Hall–Kier alpha value is -3.29. The van der Waals surface area contributed by atoms with Crippen molar-refractivity contribution in [1.29, 1.82) is 0 Å². The van der Waals surface area contributed by atoms with Crippen molar-refractivity contribution in [2.45, 2.75) is 6.18 Å². The summed E-state index contributed by atoms with van der Waals surface area (Å²) in [7, 11) is 0. The average Bonchev–Trinajstić information content (AvgIpc) is 3.15. The van der Waals surface area contributed by atoms with Gasteiger partial charge in [-0.15, -0.1) is 6.58 Å².